The van der Waals surface area contributed by atoms with Crippen molar-refractivity contribution in [3.8, 4) is 5.75 Å². The molecule has 1 heterocycles. The van der Waals surface area contributed by atoms with Gasteiger partial charge in [0, 0.05) is 22.5 Å². The number of allylic oxidation sites excluding steroid dienone is 3. The Morgan fingerprint density at radius 2 is 1.84 bits per heavy atom. The van der Waals surface area contributed by atoms with Crippen LogP contribution in [0.15, 0.2) is 46.8 Å². The fourth-order valence-corrected chi connectivity index (χ4v) is 4.44. The Labute approximate surface area is 182 Å². The third-order valence-corrected chi connectivity index (χ3v) is 5.76. The second-order valence-corrected chi connectivity index (χ2v) is 8.23. The molecule has 1 aromatic rings. The number of dihydropyridines is 1. The molecule has 7 heteroatoms. The van der Waals surface area contributed by atoms with Gasteiger partial charge in [-0.3, -0.25) is 9.59 Å². The van der Waals surface area contributed by atoms with Crippen molar-refractivity contribution >= 4 is 17.7 Å². The smallest absolute Gasteiger partial charge is 0.337 e. The Bertz CT molecular complexity index is 974. The fourth-order valence-electron chi connectivity index (χ4n) is 4.44. The van der Waals surface area contributed by atoms with Crippen molar-refractivity contribution in [3.05, 3.63) is 52.4 Å². The standard InChI is InChI=1S/C24H29NO6/c1-12(2)31-24(28)19-14(4)25-16-11-13(3)18(23(27)30-6)22(26)21(16)20(19)15-9-7-8-10-17(15)29-5/h7-10,12-13,18,20,25H,11H2,1-6H3/t13-,18+,20-/m1/s1. The van der Waals surface area contributed by atoms with Crippen LogP contribution in [-0.4, -0.2) is 38.0 Å². The number of para-hydroxylation sites is 1. The predicted octanol–water partition coefficient (Wildman–Crippen LogP) is 3.26. The lowest BCUT2D eigenvalue weighted by molar-refractivity contribution is -0.151. The monoisotopic (exact) mass is 427 g/mol. The van der Waals surface area contributed by atoms with Crippen LogP contribution in [-0.2, 0) is 23.9 Å². The molecule has 0 saturated heterocycles. The minimum absolute atomic E-state index is 0.235. The number of hydrogen-bond donors (Lipinski definition) is 1. The Kier molecular flexibility index (Phi) is 6.53. The van der Waals surface area contributed by atoms with E-state index in [2.05, 4.69) is 5.32 Å². The van der Waals surface area contributed by atoms with Crippen molar-refractivity contribution in [2.24, 2.45) is 11.8 Å². The van der Waals surface area contributed by atoms with Crippen molar-refractivity contribution in [3.63, 3.8) is 0 Å². The highest BCUT2D eigenvalue weighted by molar-refractivity contribution is 6.12. The minimum atomic E-state index is -0.927. The lowest BCUT2D eigenvalue weighted by Crippen LogP contribution is -2.43. The number of hydrogen-bond acceptors (Lipinski definition) is 7. The summed E-state index contributed by atoms with van der Waals surface area (Å²) in [5.74, 6) is -2.75. The minimum Gasteiger partial charge on any atom is -0.496 e. The number of Topliss-reactive ketones (excluding diaryl/α,β-unsaturated/α-hetero) is 1. The average molecular weight is 427 g/mol. The number of carbonyl (C=O) groups is 3. The first-order valence-corrected chi connectivity index (χ1v) is 10.4. The number of esters is 2. The number of ether oxygens (including phenoxy) is 3. The predicted molar refractivity (Wildman–Crippen MR) is 114 cm³/mol. The largest absolute Gasteiger partial charge is 0.496 e. The summed E-state index contributed by atoms with van der Waals surface area (Å²) in [5.41, 5.74) is 2.73. The van der Waals surface area contributed by atoms with E-state index in [1.165, 1.54) is 7.11 Å². The molecule has 0 saturated carbocycles. The summed E-state index contributed by atoms with van der Waals surface area (Å²) >= 11 is 0. The molecule has 0 bridgehead atoms. The van der Waals surface area contributed by atoms with Gasteiger partial charge in [0.05, 0.1) is 31.8 Å². The Hall–Kier alpha value is -3.09. The van der Waals surface area contributed by atoms with Crippen LogP contribution in [0.25, 0.3) is 0 Å². The van der Waals surface area contributed by atoms with E-state index >= 15 is 0 Å². The van der Waals surface area contributed by atoms with Crippen LogP contribution >= 0.6 is 0 Å². The SMILES string of the molecule is COC(=O)[C@@H]1C(=O)C2=C(C[C@H]1C)NC(C)=C(C(=O)OC(C)C)[C@H]2c1ccccc1OC. The quantitative estimate of drug-likeness (QED) is 0.570. The molecule has 0 aromatic heterocycles. The second kappa shape index (κ2) is 8.96. The maximum Gasteiger partial charge on any atom is 0.337 e. The topological polar surface area (TPSA) is 90.9 Å². The lowest BCUT2D eigenvalue weighted by atomic mass is 9.69. The maximum absolute atomic E-state index is 13.6. The van der Waals surface area contributed by atoms with Crippen LogP contribution < -0.4 is 10.1 Å². The van der Waals surface area contributed by atoms with Crippen LogP contribution in [0.5, 0.6) is 5.75 Å². The molecule has 0 unspecified atom stereocenters. The van der Waals surface area contributed by atoms with Gasteiger partial charge in [-0.25, -0.2) is 4.79 Å². The summed E-state index contributed by atoms with van der Waals surface area (Å²) in [6.45, 7) is 7.19. The van der Waals surface area contributed by atoms with E-state index in [1.807, 2.05) is 25.1 Å². The molecule has 0 fully saturated rings. The molecule has 1 N–H and O–H groups in total. The van der Waals surface area contributed by atoms with Gasteiger partial charge in [-0.05, 0) is 39.2 Å². The van der Waals surface area contributed by atoms with Gasteiger partial charge in [-0.15, -0.1) is 0 Å². The van der Waals surface area contributed by atoms with E-state index in [1.54, 1.807) is 33.9 Å². The number of carbonyl (C=O) groups excluding carboxylic acids is 3. The van der Waals surface area contributed by atoms with E-state index in [0.29, 0.717) is 40.3 Å². The Morgan fingerprint density at radius 1 is 1.16 bits per heavy atom. The van der Waals surface area contributed by atoms with Gasteiger partial charge in [0.2, 0.25) is 0 Å². The fraction of sp³-hybridized carbons (Fsp3) is 0.458. The molecule has 166 valence electrons. The van der Waals surface area contributed by atoms with Crippen molar-refractivity contribution in [2.45, 2.75) is 46.1 Å². The molecule has 31 heavy (non-hydrogen) atoms. The Morgan fingerprint density at radius 3 is 2.45 bits per heavy atom. The van der Waals surface area contributed by atoms with Gasteiger partial charge in [0.1, 0.15) is 11.7 Å². The van der Waals surface area contributed by atoms with Gasteiger partial charge < -0.3 is 19.5 Å². The zero-order valence-electron chi connectivity index (χ0n) is 18.8. The molecular weight excluding hydrogens is 398 g/mol. The van der Waals surface area contributed by atoms with Gasteiger partial charge in [0.25, 0.3) is 0 Å². The first-order chi connectivity index (χ1) is 14.7. The average Bonchev–Trinajstić information content (AvgIpc) is 2.71. The maximum atomic E-state index is 13.6. The molecule has 0 spiro atoms. The molecule has 0 radical (unpaired) electrons. The lowest BCUT2D eigenvalue weighted by Gasteiger charge is -2.38. The summed E-state index contributed by atoms with van der Waals surface area (Å²) in [4.78, 5) is 39.2. The number of benzene rings is 1. The highest BCUT2D eigenvalue weighted by atomic mass is 16.5. The van der Waals surface area contributed by atoms with Crippen molar-refractivity contribution in [1.29, 1.82) is 0 Å². The number of rotatable bonds is 5. The normalized spacial score (nSPS) is 23.3. The molecule has 2 aliphatic rings. The highest BCUT2D eigenvalue weighted by Crippen LogP contribution is 2.47. The molecule has 1 aromatic carbocycles. The van der Waals surface area contributed by atoms with Crippen LogP contribution in [0.3, 0.4) is 0 Å². The van der Waals surface area contributed by atoms with Gasteiger partial charge in [0.15, 0.2) is 5.78 Å². The molecule has 3 rings (SSSR count). The van der Waals surface area contributed by atoms with E-state index in [0.717, 1.165) is 0 Å². The molecule has 7 nitrogen and oxygen atoms in total. The number of methoxy groups -OCH3 is 2. The van der Waals surface area contributed by atoms with Gasteiger partial charge in [-0.1, -0.05) is 25.1 Å². The van der Waals surface area contributed by atoms with Crippen molar-refractivity contribution in [2.75, 3.05) is 14.2 Å². The summed E-state index contributed by atoms with van der Waals surface area (Å²) in [7, 11) is 2.82. The summed E-state index contributed by atoms with van der Waals surface area (Å²) in [5, 5.41) is 3.24. The van der Waals surface area contributed by atoms with Crippen LogP contribution in [0.2, 0.25) is 0 Å². The third-order valence-electron chi connectivity index (χ3n) is 5.76. The summed E-state index contributed by atoms with van der Waals surface area (Å²) in [6.07, 6.45) is 0.155. The molecule has 0 amide bonds. The van der Waals surface area contributed by atoms with E-state index < -0.39 is 23.8 Å². The van der Waals surface area contributed by atoms with E-state index in [-0.39, 0.29) is 17.8 Å². The summed E-state index contributed by atoms with van der Waals surface area (Å²) in [6, 6.07) is 7.26. The third kappa shape index (κ3) is 4.09. The summed E-state index contributed by atoms with van der Waals surface area (Å²) < 4.78 is 16.0. The van der Waals surface area contributed by atoms with Gasteiger partial charge >= 0.3 is 11.9 Å². The van der Waals surface area contributed by atoms with Crippen LogP contribution in [0, 0.1) is 11.8 Å². The highest BCUT2D eigenvalue weighted by Gasteiger charge is 2.47. The number of nitrogens with one attached hydrogen (secondary N) is 1. The Balaban J connectivity index is 2.23. The van der Waals surface area contributed by atoms with E-state index in [4.69, 9.17) is 14.2 Å². The molecule has 1 aliphatic heterocycles. The van der Waals surface area contributed by atoms with Gasteiger partial charge in [-0.2, -0.15) is 0 Å². The molecular formula is C24H29NO6. The molecule has 1 aliphatic carbocycles. The van der Waals surface area contributed by atoms with Crippen LogP contribution in [0.1, 0.15) is 45.6 Å². The first-order valence-electron chi connectivity index (χ1n) is 10.4. The second-order valence-electron chi connectivity index (χ2n) is 8.23. The van der Waals surface area contributed by atoms with Crippen molar-refractivity contribution < 1.29 is 28.6 Å². The van der Waals surface area contributed by atoms with Crippen molar-refractivity contribution in [1.82, 2.24) is 5.32 Å². The first kappa shape index (κ1) is 22.6. The molecule has 3 atom stereocenters. The van der Waals surface area contributed by atoms with Crippen LogP contribution in [0.4, 0.5) is 0 Å². The number of ketones is 1. The zero-order chi connectivity index (χ0) is 22.9. The zero-order valence-corrected chi connectivity index (χ0v) is 18.8. The van der Waals surface area contributed by atoms with E-state index in [9.17, 15) is 14.4 Å².